The number of hydrogen-bond acceptors (Lipinski definition) is 3. The Morgan fingerprint density at radius 1 is 1.17 bits per heavy atom. The van der Waals surface area contributed by atoms with Gasteiger partial charge in [-0.2, -0.15) is 0 Å². The van der Waals surface area contributed by atoms with Crippen molar-refractivity contribution in [1.29, 1.82) is 0 Å². The highest BCUT2D eigenvalue weighted by molar-refractivity contribution is 4.79. The van der Waals surface area contributed by atoms with Crippen molar-refractivity contribution in [2.75, 3.05) is 46.4 Å². The minimum atomic E-state index is 0.380. The average molecular weight is 258 g/mol. The molecule has 0 aliphatic carbocycles. The second kappa shape index (κ2) is 10.8. The molecule has 0 aliphatic heterocycles. The molecule has 1 N–H and O–H groups in total. The van der Waals surface area contributed by atoms with Gasteiger partial charge in [-0.3, -0.25) is 0 Å². The first-order valence-corrected chi connectivity index (χ1v) is 7.55. The molecule has 0 radical (unpaired) electrons. The Bertz CT molecular complexity index is 187. The maximum Gasteiger partial charge on any atom is 0.0593 e. The highest BCUT2D eigenvalue weighted by Gasteiger charge is 2.24. The van der Waals surface area contributed by atoms with Crippen molar-refractivity contribution in [3.8, 4) is 0 Å². The van der Waals surface area contributed by atoms with Crippen LogP contribution >= 0.6 is 0 Å². The lowest BCUT2D eigenvalue weighted by Crippen LogP contribution is -2.42. The van der Waals surface area contributed by atoms with Gasteiger partial charge < -0.3 is 15.0 Å². The van der Waals surface area contributed by atoms with Crippen LogP contribution in [0.15, 0.2) is 0 Å². The Morgan fingerprint density at radius 3 is 2.44 bits per heavy atom. The summed E-state index contributed by atoms with van der Waals surface area (Å²) in [6, 6.07) is 0. The Kier molecular flexibility index (Phi) is 10.7. The van der Waals surface area contributed by atoms with Gasteiger partial charge in [-0.25, -0.2) is 0 Å². The van der Waals surface area contributed by atoms with Gasteiger partial charge in [-0.1, -0.05) is 27.2 Å². The lowest BCUT2D eigenvalue weighted by atomic mass is 9.85. The first-order valence-electron chi connectivity index (χ1n) is 7.55. The zero-order valence-electron chi connectivity index (χ0n) is 13.2. The molecule has 0 fully saturated rings. The quantitative estimate of drug-likeness (QED) is 0.545. The summed E-state index contributed by atoms with van der Waals surface area (Å²) in [4.78, 5) is 2.40. The van der Waals surface area contributed by atoms with Crippen LogP contribution in [0.2, 0.25) is 0 Å². The van der Waals surface area contributed by atoms with Gasteiger partial charge in [0, 0.05) is 26.2 Å². The van der Waals surface area contributed by atoms with E-state index >= 15 is 0 Å². The van der Waals surface area contributed by atoms with E-state index in [0.717, 1.165) is 39.4 Å². The predicted molar refractivity (Wildman–Crippen MR) is 80.2 cm³/mol. The molecule has 0 saturated heterocycles. The molecule has 3 nitrogen and oxygen atoms in total. The van der Waals surface area contributed by atoms with Crippen molar-refractivity contribution >= 4 is 0 Å². The van der Waals surface area contributed by atoms with Crippen LogP contribution in [0.3, 0.4) is 0 Å². The van der Waals surface area contributed by atoms with E-state index in [1.165, 1.54) is 19.3 Å². The molecule has 0 rings (SSSR count). The average Bonchev–Trinajstić information content (AvgIpc) is 2.29. The molecular weight excluding hydrogens is 224 g/mol. The molecule has 0 amide bonds. The standard InChI is InChI=1S/C15H34N2O/c1-6-9-15(4,13-16-10-7-2)14-17(5)11-12-18-8-3/h16H,6-14H2,1-5H3. The lowest BCUT2D eigenvalue weighted by Gasteiger charge is -2.34. The molecule has 0 aliphatic rings. The minimum absolute atomic E-state index is 0.380. The molecule has 1 atom stereocenters. The van der Waals surface area contributed by atoms with Gasteiger partial charge in [0.15, 0.2) is 0 Å². The Morgan fingerprint density at radius 2 is 1.89 bits per heavy atom. The van der Waals surface area contributed by atoms with Crippen molar-refractivity contribution in [2.24, 2.45) is 5.41 Å². The van der Waals surface area contributed by atoms with Crippen molar-refractivity contribution in [3.63, 3.8) is 0 Å². The molecule has 0 aromatic heterocycles. The van der Waals surface area contributed by atoms with Crippen molar-refractivity contribution < 1.29 is 4.74 Å². The Hall–Kier alpha value is -0.120. The van der Waals surface area contributed by atoms with E-state index < -0.39 is 0 Å². The van der Waals surface area contributed by atoms with Crippen LogP contribution in [0, 0.1) is 5.41 Å². The van der Waals surface area contributed by atoms with E-state index in [9.17, 15) is 0 Å². The second-order valence-electron chi connectivity index (χ2n) is 5.67. The molecule has 0 saturated carbocycles. The van der Waals surface area contributed by atoms with Crippen LogP contribution in [0.5, 0.6) is 0 Å². The zero-order valence-corrected chi connectivity index (χ0v) is 13.2. The highest BCUT2D eigenvalue weighted by Crippen LogP contribution is 2.23. The third-order valence-corrected chi connectivity index (χ3v) is 3.31. The number of nitrogens with zero attached hydrogens (tertiary/aromatic N) is 1. The predicted octanol–water partition coefficient (Wildman–Crippen LogP) is 2.76. The summed E-state index contributed by atoms with van der Waals surface area (Å²) < 4.78 is 5.42. The number of rotatable bonds is 12. The van der Waals surface area contributed by atoms with Crippen LogP contribution in [-0.2, 0) is 4.74 Å². The summed E-state index contributed by atoms with van der Waals surface area (Å²) in [6.45, 7) is 15.0. The number of nitrogens with one attached hydrogen (secondary N) is 1. The fourth-order valence-corrected chi connectivity index (χ4v) is 2.49. The van der Waals surface area contributed by atoms with Crippen LogP contribution in [0.4, 0.5) is 0 Å². The molecular formula is C15H34N2O. The van der Waals surface area contributed by atoms with Crippen LogP contribution < -0.4 is 5.32 Å². The monoisotopic (exact) mass is 258 g/mol. The fourth-order valence-electron chi connectivity index (χ4n) is 2.49. The Labute approximate surface area is 114 Å². The van der Waals surface area contributed by atoms with Crippen molar-refractivity contribution in [3.05, 3.63) is 0 Å². The third kappa shape index (κ3) is 8.90. The van der Waals surface area contributed by atoms with E-state index in [-0.39, 0.29) is 0 Å². The smallest absolute Gasteiger partial charge is 0.0593 e. The van der Waals surface area contributed by atoms with Gasteiger partial charge in [0.2, 0.25) is 0 Å². The summed E-state index contributed by atoms with van der Waals surface area (Å²) >= 11 is 0. The maximum absolute atomic E-state index is 5.42. The van der Waals surface area contributed by atoms with E-state index in [4.69, 9.17) is 4.74 Å². The van der Waals surface area contributed by atoms with Gasteiger partial charge in [-0.15, -0.1) is 0 Å². The SMILES string of the molecule is CCCNCC(C)(CCC)CN(C)CCOCC. The highest BCUT2D eigenvalue weighted by atomic mass is 16.5. The second-order valence-corrected chi connectivity index (χ2v) is 5.67. The molecule has 110 valence electrons. The third-order valence-electron chi connectivity index (χ3n) is 3.31. The fraction of sp³-hybridized carbons (Fsp3) is 1.00. The molecule has 0 aromatic rings. The van der Waals surface area contributed by atoms with E-state index in [1.54, 1.807) is 0 Å². The molecule has 0 aromatic carbocycles. The van der Waals surface area contributed by atoms with Crippen LogP contribution in [0.1, 0.15) is 47.0 Å². The normalized spacial score (nSPS) is 15.0. The Balaban J connectivity index is 4.05. The van der Waals surface area contributed by atoms with Crippen molar-refractivity contribution in [2.45, 2.75) is 47.0 Å². The number of hydrogen-bond donors (Lipinski definition) is 1. The molecule has 0 bridgehead atoms. The lowest BCUT2D eigenvalue weighted by molar-refractivity contribution is 0.100. The molecule has 0 heterocycles. The number of ether oxygens (including phenoxy) is 1. The molecule has 1 unspecified atom stereocenters. The minimum Gasteiger partial charge on any atom is -0.380 e. The number of likely N-dealkylation sites (N-methyl/N-ethyl adjacent to an activating group) is 1. The largest absolute Gasteiger partial charge is 0.380 e. The summed E-state index contributed by atoms with van der Waals surface area (Å²) in [6.07, 6.45) is 3.74. The van der Waals surface area contributed by atoms with Gasteiger partial charge in [-0.05, 0) is 38.8 Å². The maximum atomic E-state index is 5.42. The van der Waals surface area contributed by atoms with Crippen LogP contribution in [0.25, 0.3) is 0 Å². The summed E-state index contributed by atoms with van der Waals surface area (Å²) in [5.41, 5.74) is 0.380. The molecule has 3 heteroatoms. The summed E-state index contributed by atoms with van der Waals surface area (Å²) in [5.74, 6) is 0. The first-order chi connectivity index (χ1) is 8.58. The van der Waals surface area contributed by atoms with Gasteiger partial charge in [0.05, 0.1) is 6.61 Å². The van der Waals surface area contributed by atoms with E-state index in [1.807, 2.05) is 0 Å². The van der Waals surface area contributed by atoms with Gasteiger partial charge in [0.1, 0.15) is 0 Å². The topological polar surface area (TPSA) is 24.5 Å². The molecule has 0 spiro atoms. The van der Waals surface area contributed by atoms with Crippen LogP contribution in [-0.4, -0.2) is 51.3 Å². The zero-order chi connectivity index (χ0) is 13.9. The summed E-state index contributed by atoms with van der Waals surface area (Å²) in [7, 11) is 2.20. The molecule has 18 heavy (non-hydrogen) atoms. The van der Waals surface area contributed by atoms with E-state index in [0.29, 0.717) is 5.41 Å². The first kappa shape index (κ1) is 17.9. The van der Waals surface area contributed by atoms with Gasteiger partial charge in [0.25, 0.3) is 0 Å². The van der Waals surface area contributed by atoms with Gasteiger partial charge >= 0.3 is 0 Å². The van der Waals surface area contributed by atoms with E-state index in [2.05, 4.69) is 45.0 Å². The summed E-state index contributed by atoms with van der Waals surface area (Å²) in [5, 5.41) is 3.58. The van der Waals surface area contributed by atoms with Crippen molar-refractivity contribution in [1.82, 2.24) is 10.2 Å².